The van der Waals surface area contributed by atoms with Crippen LogP contribution in [0.1, 0.15) is 49.0 Å². The van der Waals surface area contributed by atoms with Gasteiger partial charge in [0.25, 0.3) is 0 Å². The fraction of sp³-hybridized carbons (Fsp3) is 0.476. The molecule has 0 spiro atoms. The van der Waals surface area contributed by atoms with Gasteiger partial charge in [-0.1, -0.05) is 6.07 Å². The number of halogens is 1. The lowest BCUT2D eigenvalue weighted by Crippen LogP contribution is -2.45. The summed E-state index contributed by atoms with van der Waals surface area (Å²) in [5, 5.41) is 11.7. The molecule has 1 aromatic carbocycles. The molecule has 4 rings (SSSR count). The molecule has 0 radical (unpaired) electrons. The molecule has 2 aromatic heterocycles. The third kappa shape index (κ3) is 4.91. The predicted octanol–water partition coefficient (Wildman–Crippen LogP) is 3.49. The lowest BCUT2D eigenvalue weighted by molar-refractivity contribution is 0.499. The Kier molecular flexibility index (Phi) is 6.81. The number of H-pyrrole nitrogens is 1. The topological polar surface area (TPSA) is 82.9 Å². The molecule has 7 nitrogen and oxygen atoms in total. The minimum Gasteiger partial charge on any atom is -0.353 e. The molecule has 0 saturated heterocycles. The van der Waals surface area contributed by atoms with Gasteiger partial charge in [0.1, 0.15) is 5.82 Å². The number of nitrogens with one attached hydrogen (secondary N) is 3. The highest BCUT2D eigenvalue weighted by Gasteiger charge is 2.23. The van der Waals surface area contributed by atoms with Crippen LogP contribution < -0.4 is 10.6 Å². The second-order valence-electron chi connectivity index (χ2n) is 7.89. The summed E-state index contributed by atoms with van der Waals surface area (Å²) in [6, 6.07) is 6.99. The predicted molar refractivity (Wildman–Crippen MR) is 128 cm³/mol. The summed E-state index contributed by atoms with van der Waals surface area (Å²) in [5.74, 6) is 1.71. The number of aromatic nitrogens is 4. The SMILES string of the molecule is CN=C(NCc1nc2ccc(C)cc2[nH]1)NC1CCc2cn(C(C)C)nc2C1.I. The van der Waals surface area contributed by atoms with Gasteiger partial charge in [0, 0.05) is 31.7 Å². The van der Waals surface area contributed by atoms with Gasteiger partial charge in [0.05, 0.1) is 23.3 Å². The summed E-state index contributed by atoms with van der Waals surface area (Å²) in [4.78, 5) is 12.4. The Balaban J connectivity index is 0.00000240. The summed E-state index contributed by atoms with van der Waals surface area (Å²) in [6.07, 6.45) is 5.27. The first-order chi connectivity index (χ1) is 13.5. The van der Waals surface area contributed by atoms with E-state index in [4.69, 9.17) is 5.10 Å². The molecule has 0 amide bonds. The van der Waals surface area contributed by atoms with Gasteiger partial charge in [-0.25, -0.2) is 4.98 Å². The number of fused-ring (bicyclic) bond motifs is 2. The molecular formula is C21H30IN7. The maximum Gasteiger partial charge on any atom is 0.191 e. The Morgan fingerprint density at radius 2 is 2.21 bits per heavy atom. The highest BCUT2D eigenvalue weighted by atomic mass is 127. The first-order valence-corrected chi connectivity index (χ1v) is 10.0. The Bertz CT molecular complexity index is 1000. The van der Waals surface area contributed by atoms with Crippen LogP contribution in [-0.4, -0.2) is 38.8 Å². The minimum atomic E-state index is 0. The van der Waals surface area contributed by atoms with Crippen LogP contribution in [0.15, 0.2) is 29.4 Å². The van der Waals surface area contributed by atoms with Crippen LogP contribution in [0.2, 0.25) is 0 Å². The van der Waals surface area contributed by atoms with Gasteiger partial charge in [-0.2, -0.15) is 5.10 Å². The van der Waals surface area contributed by atoms with Crippen LogP contribution in [-0.2, 0) is 19.4 Å². The molecule has 1 atom stereocenters. The molecule has 1 aliphatic rings. The summed E-state index contributed by atoms with van der Waals surface area (Å²) in [7, 11) is 1.80. The fourth-order valence-corrected chi connectivity index (χ4v) is 3.72. The number of aryl methyl sites for hydroxylation is 2. The van der Waals surface area contributed by atoms with E-state index in [0.29, 0.717) is 18.6 Å². The van der Waals surface area contributed by atoms with Crippen LogP contribution in [0.4, 0.5) is 0 Å². The van der Waals surface area contributed by atoms with E-state index in [1.807, 2.05) is 6.07 Å². The maximum absolute atomic E-state index is 4.76. The number of hydrogen-bond acceptors (Lipinski definition) is 3. The van der Waals surface area contributed by atoms with Crippen molar-refractivity contribution in [2.75, 3.05) is 7.05 Å². The fourth-order valence-electron chi connectivity index (χ4n) is 3.72. The summed E-state index contributed by atoms with van der Waals surface area (Å²) < 4.78 is 2.07. The van der Waals surface area contributed by atoms with Gasteiger partial charge in [-0.05, 0) is 56.9 Å². The van der Waals surface area contributed by atoms with E-state index in [0.717, 1.165) is 42.1 Å². The third-order valence-corrected chi connectivity index (χ3v) is 5.30. The molecule has 3 aromatic rings. The normalized spacial score (nSPS) is 16.6. The highest BCUT2D eigenvalue weighted by Crippen LogP contribution is 2.21. The molecule has 0 fully saturated rings. The lowest BCUT2D eigenvalue weighted by Gasteiger charge is -2.24. The van der Waals surface area contributed by atoms with Crippen LogP contribution >= 0.6 is 24.0 Å². The van der Waals surface area contributed by atoms with Gasteiger partial charge < -0.3 is 15.6 Å². The van der Waals surface area contributed by atoms with Gasteiger partial charge in [0.2, 0.25) is 0 Å². The van der Waals surface area contributed by atoms with Crippen molar-refractivity contribution < 1.29 is 0 Å². The van der Waals surface area contributed by atoms with Crippen LogP contribution in [0.3, 0.4) is 0 Å². The summed E-state index contributed by atoms with van der Waals surface area (Å²) in [6.45, 7) is 7.02. The van der Waals surface area contributed by atoms with E-state index >= 15 is 0 Å². The Morgan fingerprint density at radius 1 is 1.38 bits per heavy atom. The van der Waals surface area contributed by atoms with Crippen molar-refractivity contribution in [3.8, 4) is 0 Å². The van der Waals surface area contributed by atoms with Crippen molar-refractivity contribution in [1.82, 2.24) is 30.4 Å². The maximum atomic E-state index is 4.76. The monoisotopic (exact) mass is 507 g/mol. The van der Waals surface area contributed by atoms with E-state index in [9.17, 15) is 0 Å². The average molecular weight is 507 g/mol. The second-order valence-corrected chi connectivity index (χ2v) is 7.89. The molecule has 156 valence electrons. The summed E-state index contributed by atoms with van der Waals surface area (Å²) in [5.41, 5.74) is 5.88. The van der Waals surface area contributed by atoms with E-state index < -0.39 is 0 Å². The first kappa shape index (κ1) is 21.6. The number of nitrogens with zero attached hydrogens (tertiary/aromatic N) is 4. The molecule has 8 heteroatoms. The van der Waals surface area contributed by atoms with Crippen molar-refractivity contribution in [2.45, 2.75) is 58.7 Å². The number of aliphatic imine (C=N–C) groups is 1. The Morgan fingerprint density at radius 3 is 2.97 bits per heavy atom. The van der Waals surface area contributed by atoms with Crippen molar-refractivity contribution >= 4 is 41.0 Å². The number of benzene rings is 1. The van der Waals surface area contributed by atoms with Crippen LogP contribution in [0, 0.1) is 6.92 Å². The Hall–Kier alpha value is -2.10. The van der Waals surface area contributed by atoms with Crippen molar-refractivity contribution in [1.29, 1.82) is 0 Å². The van der Waals surface area contributed by atoms with Gasteiger partial charge in [-0.3, -0.25) is 9.67 Å². The van der Waals surface area contributed by atoms with E-state index in [1.54, 1.807) is 7.05 Å². The van der Waals surface area contributed by atoms with Crippen LogP contribution in [0.5, 0.6) is 0 Å². The molecule has 0 aliphatic heterocycles. The number of imidazole rings is 1. The van der Waals surface area contributed by atoms with Crippen molar-refractivity contribution in [2.24, 2.45) is 4.99 Å². The van der Waals surface area contributed by atoms with Gasteiger partial charge in [-0.15, -0.1) is 24.0 Å². The molecule has 1 unspecified atom stereocenters. The standard InChI is InChI=1S/C21H29N7.HI/c1-13(2)28-12-15-6-7-16(10-18(15)27-28)24-21(22-4)23-11-20-25-17-8-5-14(3)9-19(17)26-20;/h5,8-9,12-13,16H,6-7,10-11H2,1-4H3,(H,25,26)(H2,22,23,24);1H. The smallest absolute Gasteiger partial charge is 0.191 e. The number of aromatic amines is 1. The first-order valence-electron chi connectivity index (χ1n) is 10.0. The second kappa shape index (κ2) is 9.15. The number of rotatable bonds is 4. The van der Waals surface area contributed by atoms with Gasteiger partial charge >= 0.3 is 0 Å². The molecule has 0 saturated carbocycles. The van der Waals surface area contributed by atoms with Crippen LogP contribution in [0.25, 0.3) is 11.0 Å². The zero-order valence-corrected chi connectivity index (χ0v) is 19.8. The average Bonchev–Trinajstić information content (AvgIpc) is 3.27. The lowest BCUT2D eigenvalue weighted by atomic mass is 9.94. The van der Waals surface area contributed by atoms with Crippen molar-refractivity contribution in [3.05, 3.63) is 47.0 Å². The Labute approximate surface area is 188 Å². The molecule has 0 bridgehead atoms. The van der Waals surface area contributed by atoms with E-state index in [1.165, 1.54) is 16.8 Å². The quantitative estimate of drug-likeness (QED) is 0.287. The van der Waals surface area contributed by atoms with E-state index in [2.05, 4.69) is 69.4 Å². The number of hydrogen-bond donors (Lipinski definition) is 3. The highest BCUT2D eigenvalue weighted by molar-refractivity contribution is 14.0. The van der Waals surface area contributed by atoms with E-state index in [-0.39, 0.29) is 24.0 Å². The number of guanidine groups is 1. The molecule has 1 aliphatic carbocycles. The van der Waals surface area contributed by atoms with Gasteiger partial charge in [0.15, 0.2) is 5.96 Å². The molecule has 2 heterocycles. The summed E-state index contributed by atoms with van der Waals surface area (Å²) >= 11 is 0. The molecule has 29 heavy (non-hydrogen) atoms. The minimum absolute atomic E-state index is 0. The molecular weight excluding hydrogens is 477 g/mol. The van der Waals surface area contributed by atoms with Crippen molar-refractivity contribution in [3.63, 3.8) is 0 Å². The zero-order chi connectivity index (χ0) is 19.7. The third-order valence-electron chi connectivity index (χ3n) is 5.30. The zero-order valence-electron chi connectivity index (χ0n) is 17.5. The largest absolute Gasteiger partial charge is 0.353 e. The molecule has 3 N–H and O–H groups in total.